The van der Waals surface area contributed by atoms with Gasteiger partial charge in [-0.15, -0.1) is 0 Å². The number of anilines is 2. The molecule has 1 fully saturated rings. The highest BCUT2D eigenvalue weighted by Crippen LogP contribution is 2.28. The molecule has 4 rings (SSSR count). The number of furan rings is 1. The monoisotopic (exact) mass is 420 g/mol. The molecular weight excluding hydrogens is 396 g/mol. The molecule has 1 N–H and O–H groups in total. The number of hydrogen-bond acceptors (Lipinski definition) is 6. The number of rotatable bonds is 5. The van der Waals surface area contributed by atoms with E-state index in [0.717, 1.165) is 31.9 Å². The summed E-state index contributed by atoms with van der Waals surface area (Å²) < 4.78 is 5.77. The summed E-state index contributed by atoms with van der Waals surface area (Å²) in [7, 11) is 2.12. The minimum atomic E-state index is -0.453. The number of likely N-dealkylation sites (N-methyl/N-ethyl adjacent to an activating group) is 1. The van der Waals surface area contributed by atoms with Gasteiger partial charge in [0.1, 0.15) is 5.76 Å². The number of nitro groups is 1. The number of carbonyl (C=O) groups is 1. The van der Waals surface area contributed by atoms with Gasteiger partial charge < -0.3 is 19.5 Å². The number of nitro benzene ring substituents is 1. The third kappa shape index (κ3) is 4.59. The zero-order valence-electron chi connectivity index (χ0n) is 17.5. The first kappa shape index (κ1) is 20.6. The minimum Gasteiger partial charge on any atom is -0.451 e. The van der Waals surface area contributed by atoms with Crippen LogP contribution in [0.3, 0.4) is 0 Å². The molecule has 0 radical (unpaired) electrons. The lowest BCUT2D eigenvalue weighted by molar-refractivity contribution is -0.384. The number of piperazine rings is 1. The van der Waals surface area contributed by atoms with Gasteiger partial charge in [-0.25, -0.2) is 0 Å². The van der Waals surface area contributed by atoms with Crippen molar-refractivity contribution in [2.75, 3.05) is 43.4 Å². The van der Waals surface area contributed by atoms with Crippen molar-refractivity contribution in [2.24, 2.45) is 0 Å². The third-order valence-corrected chi connectivity index (χ3v) is 5.48. The lowest BCUT2D eigenvalue weighted by atomic mass is 10.1. The summed E-state index contributed by atoms with van der Waals surface area (Å²) in [6.07, 6.45) is 0. The Bertz CT molecular complexity index is 1080. The Morgan fingerprint density at radius 1 is 1.03 bits per heavy atom. The van der Waals surface area contributed by atoms with Gasteiger partial charge in [0.15, 0.2) is 5.76 Å². The van der Waals surface area contributed by atoms with Crippen molar-refractivity contribution in [1.82, 2.24) is 4.90 Å². The van der Waals surface area contributed by atoms with Gasteiger partial charge in [-0.3, -0.25) is 14.9 Å². The van der Waals surface area contributed by atoms with Gasteiger partial charge in [-0.05, 0) is 56.4 Å². The number of hydrogen-bond donors (Lipinski definition) is 1. The topological polar surface area (TPSA) is 91.9 Å². The fourth-order valence-corrected chi connectivity index (χ4v) is 3.61. The van der Waals surface area contributed by atoms with E-state index in [2.05, 4.69) is 22.2 Å². The second-order valence-corrected chi connectivity index (χ2v) is 7.72. The van der Waals surface area contributed by atoms with E-state index in [1.807, 2.05) is 24.3 Å². The van der Waals surface area contributed by atoms with Crippen molar-refractivity contribution in [3.8, 4) is 11.3 Å². The van der Waals surface area contributed by atoms with Crippen LogP contribution < -0.4 is 10.2 Å². The Morgan fingerprint density at radius 2 is 1.68 bits per heavy atom. The molecule has 0 spiro atoms. The number of amides is 1. The number of aryl methyl sites for hydroxylation is 1. The van der Waals surface area contributed by atoms with Crippen molar-refractivity contribution in [3.63, 3.8) is 0 Å². The van der Waals surface area contributed by atoms with Gasteiger partial charge in [-0.1, -0.05) is 0 Å². The average Bonchev–Trinajstić information content (AvgIpc) is 3.17. The van der Waals surface area contributed by atoms with E-state index in [0.29, 0.717) is 22.6 Å². The smallest absolute Gasteiger partial charge is 0.291 e. The zero-order chi connectivity index (χ0) is 22.0. The lowest BCUT2D eigenvalue weighted by Gasteiger charge is -2.34. The fourth-order valence-electron chi connectivity index (χ4n) is 3.61. The van der Waals surface area contributed by atoms with Crippen LogP contribution in [-0.4, -0.2) is 49.0 Å². The van der Waals surface area contributed by atoms with E-state index >= 15 is 0 Å². The van der Waals surface area contributed by atoms with E-state index in [4.69, 9.17) is 4.42 Å². The van der Waals surface area contributed by atoms with Crippen LogP contribution in [0, 0.1) is 17.0 Å². The predicted molar refractivity (Wildman–Crippen MR) is 120 cm³/mol. The van der Waals surface area contributed by atoms with Crippen molar-refractivity contribution < 1.29 is 14.1 Å². The maximum absolute atomic E-state index is 12.7. The molecule has 31 heavy (non-hydrogen) atoms. The van der Waals surface area contributed by atoms with Crippen LogP contribution in [0.25, 0.3) is 11.3 Å². The first-order valence-electron chi connectivity index (χ1n) is 10.1. The van der Waals surface area contributed by atoms with Crippen molar-refractivity contribution in [1.29, 1.82) is 0 Å². The second-order valence-electron chi connectivity index (χ2n) is 7.72. The predicted octanol–water partition coefficient (Wildman–Crippen LogP) is 4.17. The third-order valence-electron chi connectivity index (χ3n) is 5.48. The normalized spacial score (nSPS) is 14.5. The minimum absolute atomic E-state index is 0.00464. The Labute approximate surface area is 180 Å². The molecule has 0 unspecified atom stereocenters. The SMILES string of the molecule is Cc1cc(-c2ccc([N+](=O)[O-])cc2)oc1C(=O)Nc1ccc(N2CCN(C)CC2)cc1. The second kappa shape index (κ2) is 8.61. The maximum atomic E-state index is 12.7. The van der Waals surface area contributed by atoms with Gasteiger partial charge in [0.25, 0.3) is 11.6 Å². The number of nitrogens with zero attached hydrogens (tertiary/aromatic N) is 3. The van der Waals surface area contributed by atoms with Crippen LogP contribution in [0.4, 0.5) is 17.1 Å². The molecule has 2 aromatic carbocycles. The molecule has 0 atom stereocenters. The van der Waals surface area contributed by atoms with Gasteiger partial charge >= 0.3 is 0 Å². The highest BCUT2D eigenvalue weighted by Gasteiger charge is 2.18. The Balaban J connectivity index is 1.44. The molecule has 2 heterocycles. The molecule has 1 aliphatic heterocycles. The first-order chi connectivity index (χ1) is 14.9. The van der Waals surface area contributed by atoms with Gasteiger partial charge in [-0.2, -0.15) is 0 Å². The Hall–Kier alpha value is -3.65. The molecule has 1 aromatic heterocycles. The van der Waals surface area contributed by atoms with Crippen molar-refractivity contribution in [2.45, 2.75) is 6.92 Å². The van der Waals surface area contributed by atoms with Crippen LogP contribution in [-0.2, 0) is 0 Å². The van der Waals surface area contributed by atoms with Crippen molar-refractivity contribution in [3.05, 3.63) is 76.0 Å². The lowest BCUT2D eigenvalue weighted by Crippen LogP contribution is -2.44. The average molecular weight is 420 g/mol. The maximum Gasteiger partial charge on any atom is 0.291 e. The fraction of sp³-hybridized carbons (Fsp3) is 0.261. The molecule has 1 amide bonds. The molecule has 8 nitrogen and oxygen atoms in total. The van der Waals surface area contributed by atoms with Gasteiger partial charge in [0.05, 0.1) is 4.92 Å². The number of carbonyl (C=O) groups excluding carboxylic acids is 1. The molecule has 160 valence electrons. The van der Waals surface area contributed by atoms with Crippen molar-refractivity contribution >= 4 is 23.0 Å². The summed E-state index contributed by atoms with van der Waals surface area (Å²) in [4.78, 5) is 27.7. The molecule has 3 aromatic rings. The number of nitrogens with one attached hydrogen (secondary N) is 1. The van der Waals surface area contributed by atoms with Gasteiger partial charge in [0.2, 0.25) is 0 Å². The summed E-state index contributed by atoms with van der Waals surface area (Å²) in [6, 6.07) is 15.6. The van der Waals surface area contributed by atoms with E-state index in [1.54, 1.807) is 25.1 Å². The summed E-state index contributed by atoms with van der Waals surface area (Å²) in [5.74, 6) is 0.373. The molecule has 1 aliphatic rings. The first-order valence-corrected chi connectivity index (χ1v) is 10.1. The van der Waals surface area contributed by atoms with E-state index in [1.165, 1.54) is 12.1 Å². The van der Waals surface area contributed by atoms with E-state index in [9.17, 15) is 14.9 Å². The van der Waals surface area contributed by atoms with E-state index < -0.39 is 4.92 Å². The summed E-state index contributed by atoms with van der Waals surface area (Å²) in [6.45, 7) is 5.84. The van der Waals surface area contributed by atoms with Crippen LogP contribution in [0.1, 0.15) is 16.1 Å². The molecule has 0 saturated carbocycles. The molecular formula is C23H24N4O4. The van der Waals surface area contributed by atoms with Crippen LogP contribution >= 0.6 is 0 Å². The molecule has 0 bridgehead atoms. The summed E-state index contributed by atoms with van der Waals surface area (Å²) in [5, 5.41) is 13.7. The highest BCUT2D eigenvalue weighted by molar-refractivity contribution is 6.03. The zero-order valence-corrected chi connectivity index (χ0v) is 17.5. The van der Waals surface area contributed by atoms with Gasteiger partial charge in [0, 0.05) is 60.8 Å². The van der Waals surface area contributed by atoms with Crippen LogP contribution in [0.15, 0.2) is 59.0 Å². The quantitative estimate of drug-likeness (QED) is 0.492. The molecule has 8 heteroatoms. The Kier molecular flexibility index (Phi) is 5.73. The van der Waals surface area contributed by atoms with Crippen LogP contribution in [0.5, 0.6) is 0 Å². The standard InChI is InChI=1S/C23H24N4O4/c1-16-15-21(17-3-7-20(8-4-17)27(29)30)31-22(16)23(28)24-18-5-9-19(10-6-18)26-13-11-25(2)12-14-26/h3-10,15H,11-14H2,1-2H3,(H,24,28). The number of benzene rings is 2. The molecule has 0 aliphatic carbocycles. The largest absolute Gasteiger partial charge is 0.451 e. The Morgan fingerprint density at radius 3 is 2.29 bits per heavy atom. The summed E-state index contributed by atoms with van der Waals surface area (Å²) >= 11 is 0. The highest BCUT2D eigenvalue weighted by atomic mass is 16.6. The number of non-ortho nitro benzene ring substituents is 1. The van der Waals surface area contributed by atoms with E-state index in [-0.39, 0.29) is 17.4 Å². The molecule has 1 saturated heterocycles. The van der Waals surface area contributed by atoms with Crippen LogP contribution in [0.2, 0.25) is 0 Å². The summed E-state index contributed by atoms with van der Waals surface area (Å²) in [5.41, 5.74) is 3.20.